The van der Waals surface area contributed by atoms with E-state index in [1.54, 1.807) is 18.5 Å². The highest BCUT2D eigenvalue weighted by atomic mass is 16.1. The molecule has 0 saturated heterocycles. The zero-order valence-electron chi connectivity index (χ0n) is 10.7. The lowest BCUT2D eigenvalue weighted by Crippen LogP contribution is -2.23. The van der Waals surface area contributed by atoms with Gasteiger partial charge in [0.15, 0.2) is 0 Å². The summed E-state index contributed by atoms with van der Waals surface area (Å²) in [7, 11) is 0. The SMILES string of the molecule is O=c1ccc(-c2ccccn2)nn1Cc1ccccn1. The van der Waals surface area contributed by atoms with E-state index in [2.05, 4.69) is 15.1 Å². The summed E-state index contributed by atoms with van der Waals surface area (Å²) < 4.78 is 1.40. The third kappa shape index (κ3) is 2.61. The van der Waals surface area contributed by atoms with Crippen molar-refractivity contribution in [1.82, 2.24) is 19.7 Å². The summed E-state index contributed by atoms with van der Waals surface area (Å²) in [5.41, 5.74) is 2.04. The van der Waals surface area contributed by atoms with E-state index in [0.717, 1.165) is 11.4 Å². The Morgan fingerprint density at radius 3 is 2.35 bits per heavy atom. The summed E-state index contributed by atoms with van der Waals surface area (Å²) >= 11 is 0. The Morgan fingerprint density at radius 2 is 1.65 bits per heavy atom. The van der Waals surface area contributed by atoms with Gasteiger partial charge in [-0.3, -0.25) is 14.8 Å². The van der Waals surface area contributed by atoms with Crippen molar-refractivity contribution >= 4 is 0 Å². The second-order valence-corrected chi connectivity index (χ2v) is 4.25. The van der Waals surface area contributed by atoms with Crippen LogP contribution in [0.4, 0.5) is 0 Å². The van der Waals surface area contributed by atoms with Crippen LogP contribution in [0.3, 0.4) is 0 Å². The summed E-state index contributed by atoms with van der Waals surface area (Å²) in [5, 5.41) is 4.34. The molecule has 5 nitrogen and oxygen atoms in total. The molecule has 0 fully saturated rings. The van der Waals surface area contributed by atoms with Gasteiger partial charge in [-0.25, -0.2) is 4.68 Å². The molecule has 3 rings (SSSR count). The fourth-order valence-corrected chi connectivity index (χ4v) is 1.86. The van der Waals surface area contributed by atoms with Crippen LogP contribution in [0.25, 0.3) is 11.4 Å². The van der Waals surface area contributed by atoms with Gasteiger partial charge in [0.25, 0.3) is 5.56 Å². The van der Waals surface area contributed by atoms with Crippen LogP contribution >= 0.6 is 0 Å². The average Bonchev–Trinajstić information content (AvgIpc) is 2.51. The predicted octanol–water partition coefficient (Wildman–Crippen LogP) is 1.75. The molecule has 5 heteroatoms. The summed E-state index contributed by atoms with van der Waals surface area (Å²) in [6.07, 6.45) is 3.40. The first-order valence-corrected chi connectivity index (χ1v) is 6.22. The van der Waals surface area contributed by atoms with Gasteiger partial charge in [-0.15, -0.1) is 0 Å². The minimum atomic E-state index is -0.157. The molecule has 0 unspecified atom stereocenters. The number of pyridine rings is 2. The molecule has 0 radical (unpaired) electrons. The molecule has 98 valence electrons. The minimum Gasteiger partial charge on any atom is -0.268 e. The Hall–Kier alpha value is -2.82. The highest BCUT2D eigenvalue weighted by Gasteiger charge is 2.05. The van der Waals surface area contributed by atoms with Gasteiger partial charge in [0.1, 0.15) is 5.69 Å². The maximum atomic E-state index is 11.9. The van der Waals surface area contributed by atoms with Crippen LogP contribution in [0, 0.1) is 0 Å². The van der Waals surface area contributed by atoms with Crippen molar-refractivity contribution in [3.63, 3.8) is 0 Å². The second-order valence-electron chi connectivity index (χ2n) is 4.25. The van der Waals surface area contributed by atoms with Gasteiger partial charge < -0.3 is 0 Å². The smallest absolute Gasteiger partial charge is 0.267 e. The highest BCUT2D eigenvalue weighted by molar-refractivity contribution is 5.52. The van der Waals surface area contributed by atoms with Crippen molar-refractivity contribution < 1.29 is 0 Å². The van der Waals surface area contributed by atoms with Crippen LogP contribution in [-0.2, 0) is 6.54 Å². The Labute approximate surface area is 115 Å². The highest BCUT2D eigenvalue weighted by Crippen LogP contribution is 2.10. The lowest BCUT2D eigenvalue weighted by Gasteiger charge is -2.06. The first-order valence-electron chi connectivity index (χ1n) is 6.22. The lowest BCUT2D eigenvalue weighted by atomic mass is 10.2. The lowest BCUT2D eigenvalue weighted by molar-refractivity contribution is 0.631. The van der Waals surface area contributed by atoms with Crippen molar-refractivity contribution in [1.29, 1.82) is 0 Å². The fourth-order valence-electron chi connectivity index (χ4n) is 1.86. The van der Waals surface area contributed by atoms with Gasteiger partial charge in [-0.1, -0.05) is 12.1 Å². The number of nitrogens with zero attached hydrogens (tertiary/aromatic N) is 4. The topological polar surface area (TPSA) is 60.7 Å². The molecule has 0 N–H and O–H groups in total. The fraction of sp³-hybridized carbons (Fsp3) is 0.0667. The van der Waals surface area contributed by atoms with Gasteiger partial charge in [0, 0.05) is 18.5 Å². The van der Waals surface area contributed by atoms with E-state index in [1.807, 2.05) is 36.4 Å². The maximum absolute atomic E-state index is 11.9. The average molecular weight is 264 g/mol. The zero-order chi connectivity index (χ0) is 13.8. The molecule has 20 heavy (non-hydrogen) atoms. The van der Waals surface area contributed by atoms with Crippen molar-refractivity contribution in [2.24, 2.45) is 0 Å². The van der Waals surface area contributed by atoms with Gasteiger partial charge >= 0.3 is 0 Å². The van der Waals surface area contributed by atoms with Gasteiger partial charge in [-0.2, -0.15) is 5.10 Å². The van der Waals surface area contributed by atoms with Crippen molar-refractivity contribution in [3.8, 4) is 11.4 Å². The number of hydrogen-bond acceptors (Lipinski definition) is 4. The normalized spacial score (nSPS) is 10.4. The first kappa shape index (κ1) is 12.2. The molecule has 0 spiro atoms. The quantitative estimate of drug-likeness (QED) is 0.723. The van der Waals surface area contributed by atoms with Crippen LogP contribution in [0.2, 0.25) is 0 Å². The van der Waals surface area contributed by atoms with E-state index >= 15 is 0 Å². The Bertz CT molecular complexity index is 754. The van der Waals surface area contributed by atoms with Crippen LogP contribution in [-0.4, -0.2) is 19.7 Å². The summed E-state index contributed by atoms with van der Waals surface area (Å²) in [6.45, 7) is 0.348. The van der Waals surface area contributed by atoms with Crippen LogP contribution in [0.1, 0.15) is 5.69 Å². The molecule has 3 aromatic rings. The van der Waals surface area contributed by atoms with Crippen LogP contribution in [0.15, 0.2) is 65.7 Å². The second kappa shape index (κ2) is 5.44. The molecular formula is C15H12N4O. The van der Waals surface area contributed by atoms with E-state index in [0.29, 0.717) is 12.2 Å². The molecule has 3 aromatic heterocycles. The third-order valence-corrected chi connectivity index (χ3v) is 2.83. The summed E-state index contributed by atoms with van der Waals surface area (Å²) in [5.74, 6) is 0. The van der Waals surface area contributed by atoms with Crippen LogP contribution < -0.4 is 5.56 Å². The molecule has 0 aliphatic rings. The van der Waals surface area contributed by atoms with Gasteiger partial charge in [0.2, 0.25) is 0 Å². The van der Waals surface area contributed by atoms with Crippen LogP contribution in [0.5, 0.6) is 0 Å². The molecular weight excluding hydrogens is 252 g/mol. The minimum absolute atomic E-state index is 0.157. The van der Waals surface area contributed by atoms with E-state index < -0.39 is 0 Å². The van der Waals surface area contributed by atoms with Crippen molar-refractivity contribution in [3.05, 3.63) is 77.0 Å². The first-order chi connectivity index (χ1) is 9.83. The number of aromatic nitrogens is 4. The van der Waals surface area contributed by atoms with E-state index in [4.69, 9.17) is 0 Å². The van der Waals surface area contributed by atoms with E-state index in [9.17, 15) is 4.79 Å². The monoisotopic (exact) mass is 264 g/mol. The molecule has 0 atom stereocenters. The molecule has 0 aliphatic carbocycles. The molecule has 3 heterocycles. The number of rotatable bonds is 3. The van der Waals surface area contributed by atoms with E-state index in [-0.39, 0.29) is 5.56 Å². The van der Waals surface area contributed by atoms with Gasteiger partial charge in [-0.05, 0) is 30.3 Å². The molecule has 0 aliphatic heterocycles. The Kier molecular flexibility index (Phi) is 3.33. The molecule has 0 saturated carbocycles. The van der Waals surface area contributed by atoms with Crippen molar-refractivity contribution in [2.75, 3.05) is 0 Å². The summed E-state index contributed by atoms with van der Waals surface area (Å²) in [6, 6.07) is 14.4. The standard InChI is InChI=1S/C15H12N4O/c20-15-8-7-14(13-6-2-4-10-17-13)18-19(15)11-12-5-1-3-9-16-12/h1-10H,11H2. The Balaban J connectivity index is 1.98. The molecule has 0 aromatic carbocycles. The zero-order valence-corrected chi connectivity index (χ0v) is 10.7. The predicted molar refractivity (Wildman–Crippen MR) is 75.1 cm³/mol. The largest absolute Gasteiger partial charge is 0.268 e. The summed E-state index contributed by atoms with van der Waals surface area (Å²) in [4.78, 5) is 20.3. The third-order valence-electron chi connectivity index (χ3n) is 2.83. The Morgan fingerprint density at radius 1 is 0.850 bits per heavy atom. The molecule has 0 amide bonds. The van der Waals surface area contributed by atoms with Crippen molar-refractivity contribution in [2.45, 2.75) is 6.54 Å². The number of hydrogen-bond donors (Lipinski definition) is 0. The molecule has 0 bridgehead atoms. The maximum Gasteiger partial charge on any atom is 0.267 e. The van der Waals surface area contributed by atoms with Gasteiger partial charge in [0.05, 0.1) is 17.9 Å². The van der Waals surface area contributed by atoms with E-state index in [1.165, 1.54) is 10.7 Å².